The number of nitrogens with zero attached hydrogens (tertiary/aromatic N) is 3. The maximum absolute atomic E-state index is 13.0. The van der Waals surface area contributed by atoms with Crippen molar-refractivity contribution in [1.29, 1.82) is 0 Å². The Morgan fingerprint density at radius 1 is 1.23 bits per heavy atom. The summed E-state index contributed by atoms with van der Waals surface area (Å²) >= 11 is 1.52. The molecule has 2 aromatic heterocycles. The molecule has 0 amide bonds. The lowest BCUT2D eigenvalue weighted by molar-refractivity contribution is 0.346. The van der Waals surface area contributed by atoms with E-state index in [1.165, 1.54) is 11.3 Å². The summed E-state index contributed by atoms with van der Waals surface area (Å²) in [6.07, 6.45) is 4.66. The van der Waals surface area contributed by atoms with E-state index in [-0.39, 0.29) is 6.04 Å². The SMILES string of the molecule is CC(C)n1cc(S(=O)(=O)N2CCCCC2)c(-c2cccs2)n1. The van der Waals surface area contributed by atoms with Crippen LogP contribution in [0.5, 0.6) is 0 Å². The number of sulfonamides is 1. The Labute approximate surface area is 135 Å². The summed E-state index contributed by atoms with van der Waals surface area (Å²) in [7, 11) is -3.47. The fourth-order valence-electron chi connectivity index (χ4n) is 2.66. The lowest BCUT2D eigenvalue weighted by Gasteiger charge is -2.25. The van der Waals surface area contributed by atoms with Crippen molar-refractivity contribution in [3.05, 3.63) is 23.7 Å². The molecular formula is C15H21N3O2S2. The van der Waals surface area contributed by atoms with Gasteiger partial charge < -0.3 is 0 Å². The third-order valence-electron chi connectivity index (χ3n) is 3.91. The standard InChI is InChI=1S/C15H21N3O2S2/c1-12(2)18-11-14(15(16-18)13-7-6-10-21-13)22(19,20)17-8-4-3-5-9-17/h6-7,10-12H,3-5,8-9H2,1-2H3. The second-order valence-corrected chi connectivity index (χ2v) is 8.71. The summed E-state index contributed by atoms with van der Waals surface area (Å²) in [5, 5.41) is 6.48. The average Bonchev–Trinajstić information content (AvgIpc) is 3.17. The minimum absolute atomic E-state index is 0.129. The van der Waals surface area contributed by atoms with Crippen molar-refractivity contribution in [3.8, 4) is 10.6 Å². The van der Waals surface area contributed by atoms with Crippen LogP contribution in [-0.4, -0.2) is 35.6 Å². The minimum Gasteiger partial charge on any atom is -0.268 e. The average molecular weight is 339 g/mol. The Morgan fingerprint density at radius 3 is 2.55 bits per heavy atom. The summed E-state index contributed by atoms with van der Waals surface area (Å²) in [6, 6.07) is 3.97. The minimum atomic E-state index is -3.47. The summed E-state index contributed by atoms with van der Waals surface area (Å²) in [6.45, 7) is 5.23. The molecule has 22 heavy (non-hydrogen) atoms. The second kappa shape index (κ2) is 6.14. The lowest BCUT2D eigenvalue weighted by atomic mass is 10.2. The molecule has 3 rings (SSSR count). The van der Waals surface area contributed by atoms with E-state index in [1.54, 1.807) is 15.2 Å². The molecule has 0 saturated carbocycles. The molecule has 1 saturated heterocycles. The first-order valence-corrected chi connectivity index (χ1v) is 9.95. The van der Waals surface area contributed by atoms with Crippen LogP contribution >= 0.6 is 11.3 Å². The molecule has 1 aliphatic rings. The van der Waals surface area contributed by atoms with E-state index in [0.717, 1.165) is 24.1 Å². The van der Waals surface area contributed by atoms with Gasteiger partial charge in [0.25, 0.3) is 0 Å². The van der Waals surface area contributed by atoms with Crippen LogP contribution in [0.3, 0.4) is 0 Å². The van der Waals surface area contributed by atoms with Crippen molar-refractivity contribution in [2.24, 2.45) is 0 Å². The van der Waals surface area contributed by atoms with Crippen LogP contribution in [-0.2, 0) is 10.0 Å². The number of rotatable bonds is 4. The molecule has 120 valence electrons. The molecule has 0 atom stereocenters. The zero-order chi connectivity index (χ0) is 15.7. The predicted molar refractivity (Wildman–Crippen MR) is 88.5 cm³/mol. The van der Waals surface area contributed by atoms with Gasteiger partial charge >= 0.3 is 0 Å². The zero-order valence-corrected chi connectivity index (χ0v) is 14.5. The van der Waals surface area contributed by atoms with E-state index >= 15 is 0 Å². The van der Waals surface area contributed by atoms with Gasteiger partial charge in [-0.15, -0.1) is 11.3 Å². The molecule has 2 aromatic rings. The second-order valence-electron chi connectivity index (χ2n) is 5.86. The highest BCUT2D eigenvalue weighted by molar-refractivity contribution is 7.89. The summed E-state index contributed by atoms with van der Waals surface area (Å²) in [4.78, 5) is 1.24. The summed E-state index contributed by atoms with van der Waals surface area (Å²) < 4.78 is 29.4. The summed E-state index contributed by atoms with van der Waals surface area (Å²) in [5.74, 6) is 0. The van der Waals surface area contributed by atoms with E-state index in [4.69, 9.17) is 0 Å². The van der Waals surface area contributed by atoms with Crippen LogP contribution in [0, 0.1) is 0 Å². The van der Waals surface area contributed by atoms with Gasteiger partial charge in [-0.2, -0.15) is 9.40 Å². The molecule has 0 spiro atoms. The molecule has 3 heterocycles. The lowest BCUT2D eigenvalue weighted by Crippen LogP contribution is -2.35. The molecule has 0 radical (unpaired) electrons. The molecule has 1 aliphatic heterocycles. The third kappa shape index (κ3) is 2.85. The number of piperidine rings is 1. The predicted octanol–water partition coefficient (Wildman–Crippen LogP) is 3.37. The van der Waals surface area contributed by atoms with Gasteiger partial charge in [-0.05, 0) is 38.1 Å². The number of hydrogen-bond acceptors (Lipinski definition) is 4. The van der Waals surface area contributed by atoms with Crippen LogP contribution < -0.4 is 0 Å². The Bertz CT molecular complexity index is 727. The first-order chi connectivity index (χ1) is 10.5. The zero-order valence-electron chi connectivity index (χ0n) is 12.9. The van der Waals surface area contributed by atoms with Gasteiger partial charge in [0.15, 0.2) is 0 Å². The monoisotopic (exact) mass is 339 g/mol. The topological polar surface area (TPSA) is 55.2 Å². The van der Waals surface area contributed by atoms with E-state index in [1.807, 2.05) is 31.4 Å². The van der Waals surface area contributed by atoms with Crippen molar-refractivity contribution in [2.75, 3.05) is 13.1 Å². The highest BCUT2D eigenvalue weighted by Gasteiger charge is 2.31. The maximum Gasteiger partial charge on any atom is 0.246 e. The van der Waals surface area contributed by atoms with Gasteiger partial charge in [0, 0.05) is 25.3 Å². The molecule has 0 bridgehead atoms. The molecule has 0 aromatic carbocycles. The summed E-state index contributed by atoms with van der Waals surface area (Å²) in [5.41, 5.74) is 0.578. The van der Waals surface area contributed by atoms with E-state index in [0.29, 0.717) is 23.7 Å². The smallest absolute Gasteiger partial charge is 0.246 e. The fourth-order valence-corrected chi connectivity index (χ4v) is 5.10. The molecule has 7 heteroatoms. The van der Waals surface area contributed by atoms with Crippen LogP contribution in [0.25, 0.3) is 10.6 Å². The Balaban J connectivity index is 2.08. The van der Waals surface area contributed by atoms with E-state index in [9.17, 15) is 8.42 Å². The maximum atomic E-state index is 13.0. The number of hydrogen-bond donors (Lipinski definition) is 0. The molecule has 0 unspecified atom stereocenters. The van der Waals surface area contributed by atoms with Gasteiger partial charge in [0.2, 0.25) is 10.0 Å². The number of thiophene rings is 1. The highest BCUT2D eigenvalue weighted by atomic mass is 32.2. The molecule has 0 aliphatic carbocycles. The van der Waals surface area contributed by atoms with Crippen LogP contribution in [0.15, 0.2) is 28.6 Å². The van der Waals surface area contributed by atoms with Crippen LogP contribution in [0.2, 0.25) is 0 Å². The molecule has 1 fully saturated rings. The van der Waals surface area contributed by atoms with Crippen LogP contribution in [0.4, 0.5) is 0 Å². The van der Waals surface area contributed by atoms with E-state index < -0.39 is 10.0 Å². The largest absolute Gasteiger partial charge is 0.268 e. The first kappa shape index (κ1) is 15.7. The third-order valence-corrected chi connectivity index (χ3v) is 6.69. The molecule has 0 N–H and O–H groups in total. The van der Waals surface area contributed by atoms with Crippen molar-refractivity contribution in [2.45, 2.75) is 44.0 Å². The fraction of sp³-hybridized carbons (Fsp3) is 0.533. The van der Waals surface area contributed by atoms with Crippen molar-refractivity contribution < 1.29 is 8.42 Å². The molecule has 5 nitrogen and oxygen atoms in total. The van der Waals surface area contributed by atoms with Gasteiger partial charge in [-0.3, -0.25) is 4.68 Å². The van der Waals surface area contributed by atoms with Crippen molar-refractivity contribution in [1.82, 2.24) is 14.1 Å². The van der Waals surface area contributed by atoms with Crippen molar-refractivity contribution in [3.63, 3.8) is 0 Å². The van der Waals surface area contributed by atoms with Crippen molar-refractivity contribution >= 4 is 21.4 Å². The highest BCUT2D eigenvalue weighted by Crippen LogP contribution is 2.33. The normalized spacial score (nSPS) is 17.2. The van der Waals surface area contributed by atoms with Gasteiger partial charge in [0.05, 0.1) is 4.88 Å². The van der Waals surface area contributed by atoms with Gasteiger partial charge in [-0.25, -0.2) is 8.42 Å². The molecular weight excluding hydrogens is 318 g/mol. The van der Waals surface area contributed by atoms with Gasteiger partial charge in [0.1, 0.15) is 10.6 Å². The first-order valence-electron chi connectivity index (χ1n) is 7.63. The Kier molecular flexibility index (Phi) is 4.38. The van der Waals surface area contributed by atoms with E-state index in [2.05, 4.69) is 5.10 Å². The Hall–Kier alpha value is -1.18. The van der Waals surface area contributed by atoms with Crippen LogP contribution in [0.1, 0.15) is 39.2 Å². The Morgan fingerprint density at radius 2 is 1.95 bits per heavy atom. The van der Waals surface area contributed by atoms with Gasteiger partial charge in [-0.1, -0.05) is 12.5 Å². The number of aromatic nitrogens is 2. The quantitative estimate of drug-likeness (QED) is 0.858.